The molecule has 0 aliphatic carbocycles. The molecule has 0 aliphatic heterocycles. The number of methoxy groups -OCH3 is 1. The lowest BCUT2D eigenvalue weighted by atomic mass is 9.99. The van der Waals surface area contributed by atoms with Crippen LogP contribution in [0.2, 0.25) is 0 Å². The van der Waals surface area contributed by atoms with Gasteiger partial charge >= 0.3 is 11.9 Å². The van der Waals surface area contributed by atoms with E-state index < -0.39 is 23.9 Å². The van der Waals surface area contributed by atoms with E-state index >= 15 is 0 Å². The minimum Gasteiger partial charge on any atom is -0.508 e. The first-order valence-electron chi connectivity index (χ1n) is 11.3. The van der Waals surface area contributed by atoms with Gasteiger partial charge in [0.1, 0.15) is 23.3 Å². The number of halogens is 1. The van der Waals surface area contributed by atoms with Crippen molar-refractivity contribution in [2.75, 3.05) is 7.11 Å². The number of aromatic carboxylic acids is 1. The van der Waals surface area contributed by atoms with Gasteiger partial charge in [-0.25, -0.2) is 19.0 Å². The van der Waals surface area contributed by atoms with Crippen LogP contribution < -0.4 is 5.32 Å². The highest BCUT2D eigenvalue weighted by Crippen LogP contribution is 2.28. The lowest BCUT2D eigenvalue weighted by molar-refractivity contribution is -0.142. The van der Waals surface area contributed by atoms with Gasteiger partial charge in [0, 0.05) is 11.8 Å². The molecule has 0 unspecified atom stereocenters. The zero-order valence-electron chi connectivity index (χ0n) is 20.0. The molecule has 0 aliphatic rings. The number of nitrogens with zero attached hydrogens (tertiary/aromatic N) is 1. The monoisotopic (exact) mass is 502 g/mol. The summed E-state index contributed by atoms with van der Waals surface area (Å²) in [7, 11) is 1.19. The second kappa shape index (κ2) is 10.4. The van der Waals surface area contributed by atoms with Gasteiger partial charge in [0.25, 0.3) is 5.91 Å². The summed E-state index contributed by atoms with van der Waals surface area (Å²) in [5.74, 6) is -3.00. The Balaban J connectivity index is 1.68. The number of benzene rings is 3. The second-order valence-electron chi connectivity index (χ2n) is 8.48. The number of aromatic nitrogens is 1. The fraction of sp³-hybridized carbons (Fsp3) is 0.143. The summed E-state index contributed by atoms with van der Waals surface area (Å²) in [5.41, 5.74) is 2.41. The number of pyridine rings is 1. The number of hydrogen-bond acceptors (Lipinski definition) is 6. The lowest BCUT2D eigenvalue weighted by Crippen LogP contribution is -2.43. The number of aromatic hydroxyl groups is 1. The molecule has 0 saturated carbocycles. The van der Waals surface area contributed by atoms with E-state index in [2.05, 4.69) is 10.3 Å². The molecule has 8 nitrogen and oxygen atoms in total. The number of carboxylic acids is 1. The van der Waals surface area contributed by atoms with Crippen molar-refractivity contribution in [3.05, 3.63) is 94.9 Å². The van der Waals surface area contributed by atoms with Gasteiger partial charge in [0.2, 0.25) is 0 Å². The quantitative estimate of drug-likeness (QED) is 0.322. The fourth-order valence-electron chi connectivity index (χ4n) is 3.96. The molecule has 3 N–H and O–H groups in total. The maximum Gasteiger partial charge on any atom is 0.336 e. The van der Waals surface area contributed by atoms with E-state index in [4.69, 9.17) is 4.74 Å². The van der Waals surface area contributed by atoms with E-state index in [1.807, 2.05) is 0 Å². The van der Waals surface area contributed by atoms with Crippen molar-refractivity contribution < 1.29 is 33.7 Å². The highest BCUT2D eigenvalue weighted by atomic mass is 19.1. The highest BCUT2D eigenvalue weighted by Gasteiger charge is 2.25. The lowest BCUT2D eigenvalue weighted by Gasteiger charge is -2.17. The minimum absolute atomic E-state index is 0.0571. The molecule has 0 bridgehead atoms. The van der Waals surface area contributed by atoms with Gasteiger partial charge in [-0.3, -0.25) is 4.79 Å². The van der Waals surface area contributed by atoms with Crippen molar-refractivity contribution in [3.63, 3.8) is 0 Å². The number of phenolic OH excluding ortho intramolecular Hbond substituents is 1. The van der Waals surface area contributed by atoms with Crippen molar-refractivity contribution in [2.24, 2.45) is 0 Å². The van der Waals surface area contributed by atoms with E-state index in [1.165, 1.54) is 25.3 Å². The van der Waals surface area contributed by atoms with Crippen molar-refractivity contribution in [3.8, 4) is 16.9 Å². The first kappa shape index (κ1) is 25.3. The molecule has 4 aromatic rings. The summed E-state index contributed by atoms with van der Waals surface area (Å²) in [6.07, 6.45) is 0.0819. The van der Waals surface area contributed by atoms with Gasteiger partial charge < -0.3 is 20.3 Å². The number of hydrogen-bond donors (Lipinski definition) is 3. The van der Waals surface area contributed by atoms with E-state index in [-0.39, 0.29) is 34.8 Å². The molecule has 0 radical (unpaired) electrons. The molecule has 1 aromatic heterocycles. The maximum absolute atomic E-state index is 13.7. The molecule has 188 valence electrons. The normalized spacial score (nSPS) is 11.6. The van der Waals surface area contributed by atoms with Crippen molar-refractivity contribution in [1.82, 2.24) is 10.3 Å². The Morgan fingerprint density at radius 3 is 2.32 bits per heavy atom. The van der Waals surface area contributed by atoms with Crippen LogP contribution >= 0.6 is 0 Å². The maximum atomic E-state index is 13.7. The van der Waals surface area contributed by atoms with Gasteiger partial charge in [-0.05, 0) is 71.6 Å². The Morgan fingerprint density at radius 1 is 1.00 bits per heavy atom. The third kappa shape index (κ3) is 5.56. The Morgan fingerprint density at radius 2 is 1.68 bits per heavy atom. The Labute approximate surface area is 211 Å². The summed E-state index contributed by atoms with van der Waals surface area (Å²) in [6.45, 7) is 1.64. The van der Waals surface area contributed by atoms with Crippen molar-refractivity contribution >= 4 is 28.7 Å². The average Bonchev–Trinajstić information content (AvgIpc) is 2.89. The topological polar surface area (TPSA) is 126 Å². The highest BCUT2D eigenvalue weighted by molar-refractivity contribution is 6.07. The largest absolute Gasteiger partial charge is 0.508 e. The molecule has 9 heteroatoms. The first-order chi connectivity index (χ1) is 17.7. The predicted molar refractivity (Wildman–Crippen MR) is 134 cm³/mol. The average molecular weight is 502 g/mol. The summed E-state index contributed by atoms with van der Waals surface area (Å²) in [6, 6.07) is 15.7. The number of amides is 1. The third-order valence-electron chi connectivity index (χ3n) is 5.93. The molecular formula is C28H23FN2O6. The van der Waals surface area contributed by atoms with E-state index in [1.54, 1.807) is 49.4 Å². The number of ether oxygens (including phenoxy) is 1. The fourth-order valence-corrected chi connectivity index (χ4v) is 3.96. The summed E-state index contributed by atoms with van der Waals surface area (Å²) in [5, 5.41) is 22.2. The van der Waals surface area contributed by atoms with Gasteiger partial charge in [-0.15, -0.1) is 0 Å². The summed E-state index contributed by atoms with van der Waals surface area (Å²) >= 11 is 0. The van der Waals surface area contributed by atoms with Crippen LogP contribution in [-0.2, 0) is 16.0 Å². The smallest absolute Gasteiger partial charge is 0.336 e. The van der Waals surface area contributed by atoms with E-state index in [9.17, 15) is 29.0 Å². The Hall–Kier alpha value is -4.79. The zero-order valence-corrected chi connectivity index (χ0v) is 20.0. The number of phenols is 1. The van der Waals surface area contributed by atoms with Crippen LogP contribution in [0.5, 0.6) is 5.75 Å². The van der Waals surface area contributed by atoms with Crippen LogP contribution in [0.15, 0.2) is 66.7 Å². The number of carbonyl (C=O) groups is 3. The van der Waals surface area contributed by atoms with E-state index in [0.717, 1.165) is 6.07 Å². The van der Waals surface area contributed by atoms with Crippen LogP contribution in [0.3, 0.4) is 0 Å². The molecule has 3 aromatic carbocycles. The number of carbonyl (C=O) groups excluding carboxylic acids is 2. The molecule has 1 heterocycles. The zero-order chi connectivity index (χ0) is 26.7. The molecule has 1 atom stereocenters. The second-order valence-corrected chi connectivity index (χ2v) is 8.48. The van der Waals surface area contributed by atoms with Crippen molar-refractivity contribution in [2.45, 2.75) is 19.4 Å². The van der Waals surface area contributed by atoms with Crippen LogP contribution in [-0.4, -0.2) is 46.2 Å². The van der Waals surface area contributed by atoms with Gasteiger partial charge in [-0.2, -0.15) is 0 Å². The molecule has 0 saturated heterocycles. The number of carboxylic acid groups (broad SMARTS) is 1. The molecule has 1 amide bonds. The number of nitrogens with one attached hydrogen (secondary N) is 1. The van der Waals surface area contributed by atoms with Crippen molar-refractivity contribution in [1.29, 1.82) is 0 Å². The van der Waals surface area contributed by atoms with Crippen LogP contribution in [0.25, 0.3) is 22.0 Å². The number of aryl methyl sites for hydroxylation is 1. The Kier molecular flexibility index (Phi) is 7.15. The summed E-state index contributed by atoms with van der Waals surface area (Å²) in [4.78, 5) is 41.8. The predicted octanol–water partition coefficient (Wildman–Crippen LogP) is 4.27. The molecule has 37 heavy (non-hydrogen) atoms. The first-order valence-corrected chi connectivity index (χ1v) is 11.3. The Bertz CT molecular complexity index is 1520. The number of esters is 1. The van der Waals surface area contributed by atoms with Gasteiger partial charge in [-0.1, -0.05) is 24.3 Å². The van der Waals surface area contributed by atoms with Gasteiger partial charge in [0.05, 0.1) is 18.2 Å². The van der Waals surface area contributed by atoms with Crippen LogP contribution in [0.4, 0.5) is 4.39 Å². The molecule has 4 rings (SSSR count). The van der Waals surface area contributed by atoms with Crippen LogP contribution in [0.1, 0.15) is 32.0 Å². The van der Waals surface area contributed by atoms with Crippen LogP contribution in [0, 0.1) is 12.7 Å². The molecular weight excluding hydrogens is 479 g/mol. The molecule has 0 spiro atoms. The number of fused-ring (bicyclic) bond motifs is 1. The molecule has 0 fully saturated rings. The summed E-state index contributed by atoms with van der Waals surface area (Å²) < 4.78 is 18.5. The SMILES string of the molecule is COC(=O)[C@H](Cc1ccc(O)cc1)NC(=O)c1cc(C(=O)O)c2cc(-c3ccc(F)c(C)c3)ccc2n1. The van der Waals surface area contributed by atoms with Gasteiger partial charge in [0.15, 0.2) is 0 Å². The van der Waals surface area contributed by atoms with E-state index in [0.29, 0.717) is 27.6 Å². The third-order valence-corrected chi connectivity index (χ3v) is 5.93. The standard InChI is InChI=1S/C28H23FN2O6/c1-15-11-17(5-9-22(15)29)18-6-10-23-20(13-18)21(27(34)35)14-24(30-23)26(33)31-25(28(36)37-2)12-16-3-7-19(32)8-4-16/h3-11,13-14,25,32H,12H2,1-2H3,(H,31,33)(H,34,35)/t25-/m0/s1. The number of rotatable bonds is 7. The minimum atomic E-state index is -1.26.